The van der Waals surface area contributed by atoms with Gasteiger partial charge in [0.2, 0.25) is 10.0 Å². The highest BCUT2D eigenvalue weighted by atomic mass is 32.2. The topological polar surface area (TPSA) is 87.7 Å². The van der Waals surface area contributed by atoms with Gasteiger partial charge in [-0.2, -0.15) is 4.31 Å². The second-order valence-electron chi connectivity index (χ2n) is 6.96. The van der Waals surface area contributed by atoms with Crippen LogP contribution in [0, 0.1) is 0 Å². The number of ether oxygens (including phenoxy) is 1. The van der Waals surface area contributed by atoms with Gasteiger partial charge in [0, 0.05) is 26.2 Å². The summed E-state index contributed by atoms with van der Waals surface area (Å²) in [5, 5.41) is 5.53. The number of urea groups is 1. The van der Waals surface area contributed by atoms with Crippen molar-refractivity contribution < 1.29 is 17.9 Å². The van der Waals surface area contributed by atoms with Crippen molar-refractivity contribution in [1.29, 1.82) is 0 Å². The molecule has 29 heavy (non-hydrogen) atoms. The summed E-state index contributed by atoms with van der Waals surface area (Å²) in [6.45, 7) is 1.60. The van der Waals surface area contributed by atoms with Crippen molar-refractivity contribution in [3.05, 3.63) is 59.7 Å². The van der Waals surface area contributed by atoms with E-state index in [1.54, 1.807) is 35.7 Å². The van der Waals surface area contributed by atoms with Crippen LogP contribution in [0.15, 0.2) is 53.4 Å². The first-order chi connectivity index (χ1) is 14.0. The van der Waals surface area contributed by atoms with Crippen LogP contribution in [0.4, 0.5) is 4.79 Å². The van der Waals surface area contributed by atoms with E-state index in [2.05, 4.69) is 10.6 Å². The highest BCUT2D eigenvalue weighted by molar-refractivity contribution is 7.89. The quantitative estimate of drug-likeness (QED) is 0.725. The molecule has 0 saturated carbocycles. The van der Waals surface area contributed by atoms with E-state index in [9.17, 15) is 13.2 Å². The Labute approximate surface area is 172 Å². The Morgan fingerprint density at radius 2 is 1.62 bits per heavy atom. The van der Waals surface area contributed by atoms with Crippen molar-refractivity contribution in [2.24, 2.45) is 0 Å². The second kappa shape index (κ2) is 9.76. The van der Waals surface area contributed by atoms with Gasteiger partial charge in [-0.15, -0.1) is 0 Å². The molecule has 8 heteroatoms. The number of hydrogen-bond donors (Lipinski definition) is 2. The maximum atomic E-state index is 13.0. The van der Waals surface area contributed by atoms with E-state index in [1.807, 2.05) is 24.3 Å². The van der Waals surface area contributed by atoms with Crippen molar-refractivity contribution in [1.82, 2.24) is 14.9 Å². The minimum Gasteiger partial charge on any atom is -0.497 e. The molecule has 1 fully saturated rings. The van der Waals surface area contributed by atoms with Crippen LogP contribution in [0.25, 0.3) is 0 Å². The van der Waals surface area contributed by atoms with Crippen molar-refractivity contribution in [3.8, 4) is 5.75 Å². The second-order valence-corrected chi connectivity index (χ2v) is 8.86. The van der Waals surface area contributed by atoms with Gasteiger partial charge in [-0.05, 0) is 42.2 Å². The van der Waals surface area contributed by atoms with Crippen molar-refractivity contribution in [3.63, 3.8) is 0 Å². The summed E-state index contributed by atoms with van der Waals surface area (Å²) in [6.07, 6.45) is 2.82. The molecule has 3 rings (SSSR count). The molecule has 0 atom stereocenters. The fourth-order valence-electron chi connectivity index (χ4n) is 3.31. The van der Waals surface area contributed by atoms with Gasteiger partial charge >= 0.3 is 6.03 Å². The predicted octanol–water partition coefficient (Wildman–Crippen LogP) is 2.87. The van der Waals surface area contributed by atoms with Crippen LogP contribution in [0.1, 0.15) is 30.4 Å². The number of carbonyl (C=O) groups excluding carboxylic acids is 1. The lowest BCUT2D eigenvalue weighted by atomic mass is 10.2. The van der Waals surface area contributed by atoms with Crippen molar-refractivity contribution in [2.75, 3.05) is 20.2 Å². The molecule has 2 aromatic rings. The Kier molecular flexibility index (Phi) is 7.11. The number of methoxy groups -OCH3 is 1. The van der Waals surface area contributed by atoms with E-state index >= 15 is 0 Å². The largest absolute Gasteiger partial charge is 0.497 e. The third-order valence-corrected chi connectivity index (χ3v) is 6.96. The van der Waals surface area contributed by atoms with Crippen LogP contribution in [-0.2, 0) is 23.1 Å². The zero-order valence-electron chi connectivity index (χ0n) is 16.6. The fraction of sp³-hybridized carbons (Fsp3) is 0.381. The maximum Gasteiger partial charge on any atom is 0.315 e. The third kappa shape index (κ3) is 5.48. The number of sulfonamides is 1. The number of nitrogens with zero attached hydrogens (tertiary/aromatic N) is 1. The summed E-state index contributed by atoms with van der Waals surface area (Å²) in [5.74, 6) is 0.754. The number of hydrogen-bond acceptors (Lipinski definition) is 4. The van der Waals surface area contributed by atoms with Crippen LogP contribution in [0.2, 0.25) is 0 Å². The van der Waals surface area contributed by atoms with Crippen molar-refractivity contribution in [2.45, 2.75) is 37.2 Å². The predicted molar refractivity (Wildman–Crippen MR) is 111 cm³/mol. The Bertz CT molecular complexity index is 923. The standard InChI is InChI=1S/C21H27N3O4S/c1-28-19-11-9-17(10-12-19)15-22-21(25)23-16-18-7-3-4-8-20(18)29(26,27)24-13-5-2-6-14-24/h3-4,7-12H,2,5-6,13-16H2,1H3,(H2,22,23,25). The minimum atomic E-state index is -3.55. The Morgan fingerprint density at radius 1 is 0.966 bits per heavy atom. The molecule has 0 aromatic heterocycles. The fourth-order valence-corrected chi connectivity index (χ4v) is 5.05. The van der Waals surface area contributed by atoms with Gasteiger partial charge in [-0.1, -0.05) is 36.8 Å². The molecule has 1 aliphatic heterocycles. The molecule has 1 aliphatic rings. The lowest BCUT2D eigenvalue weighted by Crippen LogP contribution is -2.37. The summed E-state index contributed by atoms with van der Waals surface area (Å²) in [7, 11) is -1.95. The number of amides is 2. The number of carbonyl (C=O) groups is 1. The average Bonchev–Trinajstić information content (AvgIpc) is 2.77. The lowest BCUT2D eigenvalue weighted by molar-refractivity contribution is 0.240. The highest BCUT2D eigenvalue weighted by Crippen LogP contribution is 2.23. The molecule has 7 nitrogen and oxygen atoms in total. The number of benzene rings is 2. The molecule has 0 unspecified atom stereocenters. The first-order valence-corrected chi connectivity index (χ1v) is 11.2. The number of piperidine rings is 1. The molecule has 0 bridgehead atoms. The smallest absolute Gasteiger partial charge is 0.315 e. The van der Waals surface area contributed by atoms with E-state index in [1.165, 1.54) is 0 Å². The molecule has 2 N–H and O–H groups in total. The Hall–Kier alpha value is -2.58. The van der Waals surface area contributed by atoms with E-state index in [4.69, 9.17) is 4.74 Å². The first kappa shape index (κ1) is 21.1. The molecule has 2 aromatic carbocycles. The molecular formula is C21H27N3O4S. The Morgan fingerprint density at radius 3 is 2.31 bits per heavy atom. The van der Waals surface area contributed by atoms with Crippen LogP contribution >= 0.6 is 0 Å². The van der Waals surface area contributed by atoms with E-state index in [-0.39, 0.29) is 17.5 Å². The SMILES string of the molecule is COc1ccc(CNC(=O)NCc2ccccc2S(=O)(=O)N2CCCCC2)cc1. The van der Waals surface area contributed by atoms with Gasteiger partial charge in [0.25, 0.3) is 0 Å². The average molecular weight is 418 g/mol. The van der Waals surface area contributed by atoms with Gasteiger partial charge in [0.15, 0.2) is 0 Å². The third-order valence-electron chi connectivity index (χ3n) is 4.96. The molecule has 0 radical (unpaired) electrons. The molecule has 2 amide bonds. The van der Waals surface area contributed by atoms with Gasteiger partial charge < -0.3 is 15.4 Å². The summed E-state index contributed by atoms with van der Waals surface area (Å²) in [4.78, 5) is 12.4. The van der Waals surface area contributed by atoms with Crippen LogP contribution in [0.3, 0.4) is 0 Å². The van der Waals surface area contributed by atoms with Crippen LogP contribution in [-0.4, -0.2) is 39.0 Å². The monoisotopic (exact) mass is 417 g/mol. The summed E-state index contributed by atoms with van der Waals surface area (Å²) in [6, 6.07) is 13.9. The number of rotatable bonds is 7. The molecule has 0 aliphatic carbocycles. The summed E-state index contributed by atoms with van der Waals surface area (Å²) >= 11 is 0. The van der Waals surface area contributed by atoms with Crippen LogP contribution in [0.5, 0.6) is 5.75 Å². The minimum absolute atomic E-state index is 0.137. The van der Waals surface area contributed by atoms with Gasteiger partial charge in [0.1, 0.15) is 5.75 Å². The molecular weight excluding hydrogens is 390 g/mol. The van der Waals surface area contributed by atoms with Crippen LogP contribution < -0.4 is 15.4 Å². The molecule has 1 saturated heterocycles. The maximum absolute atomic E-state index is 13.0. The molecule has 1 heterocycles. The van der Waals surface area contributed by atoms with Crippen molar-refractivity contribution >= 4 is 16.1 Å². The highest BCUT2D eigenvalue weighted by Gasteiger charge is 2.27. The summed E-state index contributed by atoms with van der Waals surface area (Å²) < 4.78 is 32.7. The van der Waals surface area contributed by atoms with E-state index < -0.39 is 10.0 Å². The lowest BCUT2D eigenvalue weighted by Gasteiger charge is -2.26. The summed E-state index contributed by atoms with van der Waals surface area (Å²) in [5.41, 5.74) is 1.52. The van der Waals surface area contributed by atoms with Gasteiger partial charge in [-0.25, -0.2) is 13.2 Å². The number of nitrogens with one attached hydrogen (secondary N) is 2. The molecule has 156 valence electrons. The van der Waals surface area contributed by atoms with Gasteiger partial charge in [-0.3, -0.25) is 0 Å². The van der Waals surface area contributed by atoms with Gasteiger partial charge in [0.05, 0.1) is 12.0 Å². The van der Waals surface area contributed by atoms with E-state index in [0.717, 1.165) is 30.6 Å². The first-order valence-electron chi connectivity index (χ1n) is 9.73. The Balaban J connectivity index is 1.59. The zero-order chi connectivity index (χ0) is 20.7. The normalized spacial score (nSPS) is 14.9. The zero-order valence-corrected chi connectivity index (χ0v) is 17.4. The van der Waals surface area contributed by atoms with E-state index in [0.29, 0.717) is 25.2 Å². The molecule has 0 spiro atoms.